The smallest absolute Gasteiger partial charge is 0.244 e. The summed E-state index contributed by atoms with van der Waals surface area (Å²) in [6, 6.07) is 8.20. The van der Waals surface area contributed by atoms with Crippen molar-refractivity contribution < 1.29 is 13.2 Å². The lowest BCUT2D eigenvalue weighted by Crippen LogP contribution is -2.28. The van der Waals surface area contributed by atoms with E-state index in [0.717, 1.165) is 0 Å². The number of ether oxygens (including phenoxy) is 1. The van der Waals surface area contributed by atoms with Gasteiger partial charge in [0, 0.05) is 37.9 Å². The molecule has 0 atom stereocenters. The number of hydrogen-bond donors (Lipinski definition) is 1. The van der Waals surface area contributed by atoms with Crippen LogP contribution in [0.25, 0.3) is 11.6 Å². The van der Waals surface area contributed by atoms with Crippen LogP contribution in [0, 0.1) is 0 Å². The van der Waals surface area contributed by atoms with Gasteiger partial charge in [-0.15, -0.1) is 0 Å². The Kier molecular flexibility index (Phi) is 5.05. The standard InChI is InChI=1S/C16H17N5O3S/c1-24-13-5-2-3-6-14(13)25(22,23)20-10-12-21-11-9-19-16(21)15-17-7-4-8-18-15/h2-9,11,20H,10,12H2,1H3. The Morgan fingerprint density at radius 2 is 1.84 bits per heavy atom. The van der Waals surface area contributed by atoms with Crippen LogP contribution >= 0.6 is 0 Å². The molecule has 0 saturated heterocycles. The summed E-state index contributed by atoms with van der Waals surface area (Å²) in [5.41, 5.74) is 0. The molecular weight excluding hydrogens is 342 g/mol. The predicted molar refractivity (Wildman–Crippen MR) is 91.4 cm³/mol. The first kappa shape index (κ1) is 17.1. The van der Waals surface area contributed by atoms with Gasteiger partial charge in [0.1, 0.15) is 10.6 Å². The van der Waals surface area contributed by atoms with Gasteiger partial charge in [-0.05, 0) is 18.2 Å². The number of aromatic nitrogens is 4. The van der Waals surface area contributed by atoms with Crippen molar-refractivity contribution in [2.24, 2.45) is 0 Å². The third-order valence-electron chi connectivity index (χ3n) is 3.48. The van der Waals surface area contributed by atoms with E-state index in [1.165, 1.54) is 13.2 Å². The van der Waals surface area contributed by atoms with E-state index in [9.17, 15) is 8.42 Å². The van der Waals surface area contributed by atoms with Crippen molar-refractivity contribution in [1.82, 2.24) is 24.2 Å². The van der Waals surface area contributed by atoms with E-state index in [0.29, 0.717) is 23.9 Å². The number of hydrogen-bond acceptors (Lipinski definition) is 6. The molecule has 1 N–H and O–H groups in total. The third-order valence-corrected chi connectivity index (χ3v) is 4.99. The highest BCUT2D eigenvalue weighted by Crippen LogP contribution is 2.22. The molecule has 0 aliphatic carbocycles. The van der Waals surface area contributed by atoms with Gasteiger partial charge in [0.25, 0.3) is 0 Å². The number of imidazole rings is 1. The van der Waals surface area contributed by atoms with Crippen molar-refractivity contribution in [3.05, 3.63) is 55.1 Å². The number of para-hydroxylation sites is 1. The average molecular weight is 359 g/mol. The Hall–Kier alpha value is -2.78. The Labute approximate surface area is 145 Å². The first-order valence-corrected chi connectivity index (χ1v) is 9.01. The van der Waals surface area contributed by atoms with Gasteiger partial charge in [0.15, 0.2) is 11.6 Å². The molecule has 0 saturated carbocycles. The lowest BCUT2D eigenvalue weighted by atomic mass is 10.3. The predicted octanol–water partition coefficient (Wildman–Crippen LogP) is 1.33. The topological polar surface area (TPSA) is 99.0 Å². The van der Waals surface area contributed by atoms with Crippen molar-refractivity contribution >= 4 is 10.0 Å². The summed E-state index contributed by atoms with van der Waals surface area (Å²) in [7, 11) is -2.24. The molecule has 0 spiro atoms. The van der Waals surface area contributed by atoms with Crippen LogP contribution in [0.1, 0.15) is 0 Å². The zero-order valence-electron chi connectivity index (χ0n) is 13.5. The van der Waals surface area contributed by atoms with Gasteiger partial charge in [-0.25, -0.2) is 28.1 Å². The maximum Gasteiger partial charge on any atom is 0.244 e. The summed E-state index contributed by atoms with van der Waals surface area (Å²) < 4.78 is 34.4. The van der Waals surface area contributed by atoms with E-state index in [2.05, 4.69) is 19.7 Å². The fourth-order valence-corrected chi connectivity index (χ4v) is 3.52. The molecule has 8 nitrogen and oxygen atoms in total. The minimum atomic E-state index is -3.67. The maximum atomic E-state index is 12.5. The van der Waals surface area contributed by atoms with Gasteiger partial charge in [0.2, 0.25) is 10.0 Å². The molecule has 0 radical (unpaired) electrons. The van der Waals surface area contributed by atoms with Crippen LogP contribution in [0.4, 0.5) is 0 Å². The minimum absolute atomic E-state index is 0.106. The number of nitrogens with one attached hydrogen (secondary N) is 1. The molecule has 0 aliphatic heterocycles. The second-order valence-corrected chi connectivity index (χ2v) is 6.80. The average Bonchev–Trinajstić information content (AvgIpc) is 3.11. The fraction of sp³-hybridized carbons (Fsp3) is 0.188. The van der Waals surface area contributed by atoms with E-state index in [1.807, 2.05) is 0 Å². The molecular formula is C16H17N5O3S. The molecule has 3 aromatic rings. The first-order valence-electron chi connectivity index (χ1n) is 7.53. The Morgan fingerprint density at radius 3 is 2.60 bits per heavy atom. The van der Waals surface area contributed by atoms with Gasteiger partial charge in [-0.1, -0.05) is 12.1 Å². The summed E-state index contributed by atoms with van der Waals surface area (Å²) >= 11 is 0. The van der Waals surface area contributed by atoms with Gasteiger partial charge >= 0.3 is 0 Å². The van der Waals surface area contributed by atoms with Gasteiger partial charge in [-0.2, -0.15) is 0 Å². The zero-order valence-corrected chi connectivity index (χ0v) is 14.3. The molecule has 0 unspecified atom stereocenters. The van der Waals surface area contributed by atoms with Crippen LogP contribution < -0.4 is 9.46 Å². The highest BCUT2D eigenvalue weighted by molar-refractivity contribution is 7.89. The first-order chi connectivity index (χ1) is 12.1. The fourth-order valence-electron chi connectivity index (χ4n) is 2.33. The van der Waals surface area contributed by atoms with Crippen LogP contribution in [-0.4, -0.2) is 41.6 Å². The quantitative estimate of drug-likeness (QED) is 0.683. The van der Waals surface area contributed by atoms with Crippen LogP contribution in [0.5, 0.6) is 5.75 Å². The molecule has 2 aromatic heterocycles. The second-order valence-electron chi connectivity index (χ2n) is 5.07. The number of sulfonamides is 1. The molecule has 25 heavy (non-hydrogen) atoms. The summed E-state index contributed by atoms with van der Waals surface area (Å²) in [6.45, 7) is 0.582. The molecule has 0 fully saturated rings. The van der Waals surface area contributed by atoms with Crippen molar-refractivity contribution in [2.45, 2.75) is 11.4 Å². The molecule has 2 heterocycles. The van der Waals surface area contributed by atoms with E-state index >= 15 is 0 Å². The van der Waals surface area contributed by atoms with Gasteiger partial charge < -0.3 is 9.30 Å². The molecule has 130 valence electrons. The SMILES string of the molecule is COc1ccccc1S(=O)(=O)NCCn1ccnc1-c1ncccn1. The Bertz CT molecular complexity index is 941. The molecule has 3 rings (SSSR count). The summed E-state index contributed by atoms with van der Waals surface area (Å²) in [4.78, 5) is 12.7. The van der Waals surface area contributed by atoms with Crippen LogP contribution in [0.2, 0.25) is 0 Å². The van der Waals surface area contributed by atoms with Crippen molar-refractivity contribution in [3.8, 4) is 17.4 Å². The third kappa shape index (κ3) is 3.83. The summed E-state index contributed by atoms with van der Waals surface area (Å²) in [5.74, 6) is 1.37. The molecule has 0 amide bonds. The lowest BCUT2D eigenvalue weighted by Gasteiger charge is -2.11. The van der Waals surface area contributed by atoms with Crippen LogP contribution in [0.3, 0.4) is 0 Å². The van der Waals surface area contributed by atoms with Gasteiger partial charge in [0.05, 0.1) is 7.11 Å². The monoisotopic (exact) mass is 359 g/mol. The number of nitrogens with zero attached hydrogens (tertiary/aromatic N) is 4. The van der Waals surface area contributed by atoms with E-state index in [1.54, 1.807) is 53.6 Å². The van der Waals surface area contributed by atoms with Crippen LogP contribution in [-0.2, 0) is 16.6 Å². The van der Waals surface area contributed by atoms with E-state index in [4.69, 9.17) is 4.74 Å². The van der Waals surface area contributed by atoms with E-state index < -0.39 is 10.0 Å². The number of methoxy groups -OCH3 is 1. The number of rotatable bonds is 7. The minimum Gasteiger partial charge on any atom is -0.495 e. The molecule has 0 bridgehead atoms. The van der Waals surface area contributed by atoms with E-state index in [-0.39, 0.29) is 11.4 Å². The lowest BCUT2D eigenvalue weighted by molar-refractivity contribution is 0.402. The number of benzene rings is 1. The van der Waals surface area contributed by atoms with Gasteiger partial charge in [-0.3, -0.25) is 0 Å². The zero-order chi connectivity index (χ0) is 17.7. The van der Waals surface area contributed by atoms with Crippen LogP contribution in [0.15, 0.2) is 60.0 Å². The van der Waals surface area contributed by atoms with Crippen molar-refractivity contribution in [1.29, 1.82) is 0 Å². The molecule has 1 aromatic carbocycles. The molecule has 9 heteroatoms. The normalized spacial score (nSPS) is 11.4. The highest BCUT2D eigenvalue weighted by atomic mass is 32.2. The summed E-state index contributed by atoms with van der Waals surface area (Å²) in [5, 5.41) is 0. The highest BCUT2D eigenvalue weighted by Gasteiger charge is 2.18. The Morgan fingerprint density at radius 1 is 1.08 bits per heavy atom. The second kappa shape index (κ2) is 7.41. The largest absolute Gasteiger partial charge is 0.495 e. The van der Waals surface area contributed by atoms with Crippen molar-refractivity contribution in [3.63, 3.8) is 0 Å². The Balaban J connectivity index is 1.71. The van der Waals surface area contributed by atoms with Crippen molar-refractivity contribution in [2.75, 3.05) is 13.7 Å². The maximum absolute atomic E-state index is 12.5. The molecule has 0 aliphatic rings. The summed E-state index contributed by atoms with van der Waals surface area (Å²) in [6.07, 6.45) is 6.64.